The third-order valence-electron chi connectivity index (χ3n) is 1.20. The molecule has 3 heteroatoms. The van der Waals surface area contributed by atoms with Crippen LogP contribution in [0.25, 0.3) is 0 Å². The molecule has 1 rings (SSSR count). The number of nitrogens with zero attached hydrogens (tertiary/aromatic N) is 1. The molecule has 0 aromatic carbocycles. The zero-order chi connectivity index (χ0) is 7.40. The van der Waals surface area contributed by atoms with Crippen molar-refractivity contribution in [1.82, 2.24) is 10.5 Å². The van der Waals surface area contributed by atoms with Crippen molar-refractivity contribution in [2.24, 2.45) is 0 Å². The molecule has 54 valence electrons. The Morgan fingerprint density at radius 3 is 3.00 bits per heavy atom. The second-order valence-electron chi connectivity index (χ2n) is 1.95. The predicted octanol–water partition coefficient (Wildman–Crippen LogP) is 0.903. The second-order valence-corrected chi connectivity index (χ2v) is 1.95. The van der Waals surface area contributed by atoms with Gasteiger partial charge in [0.25, 0.3) is 0 Å². The summed E-state index contributed by atoms with van der Waals surface area (Å²) in [6.07, 6.45) is 3.41. The van der Waals surface area contributed by atoms with Crippen molar-refractivity contribution >= 4 is 0 Å². The summed E-state index contributed by atoms with van der Waals surface area (Å²) in [7, 11) is 1.71. The van der Waals surface area contributed by atoms with Crippen molar-refractivity contribution in [3.05, 3.63) is 24.0 Å². The zero-order valence-electron chi connectivity index (χ0n) is 6.09. The number of hydrogen-bond acceptors (Lipinski definition) is 3. The number of aryl methyl sites for hydroxylation is 1. The smallest absolute Gasteiger partial charge is 0.168 e. The minimum absolute atomic E-state index is 0.769. The van der Waals surface area contributed by atoms with Crippen LogP contribution in [0.15, 0.2) is 18.5 Å². The van der Waals surface area contributed by atoms with E-state index in [2.05, 4.69) is 10.5 Å². The van der Waals surface area contributed by atoms with Crippen LogP contribution in [0.4, 0.5) is 0 Å². The Balaban J connectivity index is 2.81. The van der Waals surface area contributed by atoms with Crippen LogP contribution >= 0.6 is 0 Å². The molecule has 1 aromatic rings. The quantitative estimate of drug-likeness (QED) is 0.616. The Morgan fingerprint density at radius 2 is 2.40 bits per heavy atom. The zero-order valence-corrected chi connectivity index (χ0v) is 6.09. The van der Waals surface area contributed by atoms with Crippen molar-refractivity contribution in [1.29, 1.82) is 0 Å². The number of hydrogen-bond donors (Lipinski definition) is 1. The van der Waals surface area contributed by atoms with Crippen LogP contribution in [0.1, 0.15) is 5.56 Å². The molecule has 0 aliphatic heterocycles. The predicted molar refractivity (Wildman–Crippen MR) is 38.7 cm³/mol. The van der Waals surface area contributed by atoms with Gasteiger partial charge < -0.3 is 4.84 Å². The molecule has 0 saturated heterocycles. The van der Waals surface area contributed by atoms with E-state index in [1.54, 1.807) is 19.4 Å². The van der Waals surface area contributed by atoms with Gasteiger partial charge in [-0.3, -0.25) is 4.98 Å². The first-order valence-electron chi connectivity index (χ1n) is 3.09. The number of nitrogens with one attached hydrogen (secondary N) is 1. The molecule has 1 N–H and O–H groups in total. The lowest BCUT2D eigenvalue weighted by atomic mass is 10.3. The standard InChI is InChI=1S/C7H10N2O/c1-6-3-4-9-5-7(6)10-8-2/h3-5,8H,1-2H3. The van der Waals surface area contributed by atoms with Gasteiger partial charge in [-0.25, -0.2) is 0 Å². The van der Waals surface area contributed by atoms with E-state index in [1.165, 1.54) is 0 Å². The van der Waals surface area contributed by atoms with Crippen LogP contribution in [-0.2, 0) is 0 Å². The normalized spacial score (nSPS) is 9.40. The molecular formula is C7H10N2O. The van der Waals surface area contributed by atoms with Gasteiger partial charge in [0.2, 0.25) is 0 Å². The van der Waals surface area contributed by atoms with Gasteiger partial charge >= 0.3 is 0 Å². The Labute approximate surface area is 60.0 Å². The fraction of sp³-hybridized carbons (Fsp3) is 0.286. The van der Waals surface area contributed by atoms with Gasteiger partial charge in [0.05, 0.1) is 6.20 Å². The molecular weight excluding hydrogens is 128 g/mol. The minimum Gasteiger partial charge on any atom is -0.407 e. The number of rotatable bonds is 2. The molecule has 0 unspecified atom stereocenters. The lowest BCUT2D eigenvalue weighted by Gasteiger charge is -2.03. The third-order valence-corrected chi connectivity index (χ3v) is 1.20. The first kappa shape index (κ1) is 7.02. The highest BCUT2D eigenvalue weighted by Crippen LogP contribution is 2.12. The SMILES string of the molecule is CNOc1cnccc1C. The first-order chi connectivity index (χ1) is 4.84. The van der Waals surface area contributed by atoms with Crippen LogP contribution in [0.3, 0.4) is 0 Å². The van der Waals surface area contributed by atoms with E-state index in [0.29, 0.717) is 0 Å². The van der Waals surface area contributed by atoms with Crippen LogP contribution in [0.5, 0.6) is 5.75 Å². The summed E-state index contributed by atoms with van der Waals surface area (Å²) < 4.78 is 0. The summed E-state index contributed by atoms with van der Waals surface area (Å²) in [5.41, 5.74) is 3.66. The van der Waals surface area contributed by atoms with Crippen LogP contribution < -0.4 is 10.3 Å². The maximum atomic E-state index is 5.02. The summed E-state index contributed by atoms with van der Waals surface area (Å²) in [6.45, 7) is 1.97. The highest BCUT2D eigenvalue weighted by molar-refractivity contribution is 5.27. The maximum Gasteiger partial charge on any atom is 0.168 e. The Bertz CT molecular complexity index is 213. The minimum atomic E-state index is 0.769. The number of aromatic nitrogens is 1. The molecule has 0 aliphatic rings. The van der Waals surface area contributed by atoms with E-state index >= 15 is 0 Å². The topological polar surface area (TPSA) is 34.1 Å². The van der Waals surface area contributed by atoms with Gasteiger partial charge in [-0.05, 0) is 18.6 Å². The van der Waals surface area contributed by atoms with E-state index in [-0.39, 0.29) is 0 Å². The summed E-state index contributed by atoms with van der Waals surface area (Å²) >= 11 is 0. The van der Waals surface area contributed by atoms with Crippen molar-refractivity contribution in [2.45, 2.75) is 6.92 Å². The molecule has 0 fully saturated rings. The molecule has 1 aromatic heterocycles. The van der Waals surface area contributed by atoms with Crippen LogP contribution in [-0.4, -0.2) is 12.0 Å². The van der Waals surface area contributed by atoms with Gasteiger partial charge in [0, 0.05) is 13.2 Å². The Morgan fingerprint density at radius 1 is 1.60 bits per heavy atom. The maximum absolute atomic E-state index is 5.02. The fourth-order valence-electron chi connectivity index (χ4n) is 0.666. The van der Waals surface area contributed by atoms with Crippen LogP contribution in [0, 0.1) is 6.92 Å². The lowest BCUT2D eigenvalue weighted by molar-refractivity contribution is 0.221. The average molecular weight is 138 g/mol. The van der Waals surface area contributed by atoms with Gasteiger partial charge in [-0.1, -0.05) is 0 Å². The van der Waals surface area contributed by atoms with E-state index in [1.807, 2.05) is 13.0 Å². The molecule has 0 amide bonds. The number of hydroxylamine groups is 1. The molecule has 0 radical (unpaired) electrons. The van der Waals surface area contributed by atoms with E-state index in [4.69, 9.17) is 4.84 Å². The van der Waals surface area contributed by atoms with E-state index < -0.39 is 0 Å². The summed E-state index contributed by atoms with van der Waals surface area (Å²) in [6, 6.07) is 1.90. The van der Waals surface area contributed by atoms with Crippen LogP contribution in [0.2, 0.25) is 0 Å². The molecule has 3 nitrogen and oxygen atoms in total. The van der Waals surface area contributed by atoms with Gasteiger partial charge in [0.1, 0.15) is 0 Å². The van der Waals surface area contributed by atoms with Gasteiger partial charge in [-0.2, -0.15) is 5.48 Å². The molecule has 1 heterocycles. The van der Waals surface area contributed by atoms with E-state index in [0.717, 1.165) is 11.3 Å². The van der Waals surface area contributed by atoms with Crippen molar-refractivity contribution in [3.63, 3.8) is 0 Å². The summed E-state index contributed by atoms with van der Waals surface area (Å²) in [5.74, 6) is 0.769. The molecule has 0 saturated carbocycles. The highest BCUT2D eigenvalue weighted by Gasteiger charge is 1.94. The third kappa shape index (κ3) is 1.45. The van der Waals surface area contributed by atoms with Gasteiger partial charge in [0.15, 0.2) is 5.75 Å². The molecule has 0 spiro atoms. The first-order valence-corrected chi connectivity index (χ1v) is 3.09. The summed E-state index contributed by atoms with van der Waals surface area (Å²) in [4.78, 5) is 8.92. The Hall–Kier alpha value is -1.09. The largest absolute Gasteiger partial charge is 0.407 e. The molecule has 10 heavy (non-hydrogen) atoms. The Kier molecular flexibility index (Phi) is 2.23. The average Bonchev–Trinajstić information content (AvgIpc) is 1.94. The fourth-order valence-corrected chi connectivity index (χ4v) is 0.666. The van der Waals surface area contributed by atoms with Crippen molar-refractivity contribution < 1.29 is 4.84 Å². The number of pyridine rings is 1. The van der Waals surface area contributed by atoms with E-state index in [9.17, 15) is 0 Å². The lowest BCUT2D eigenvalue weighted by Crippen LogP contribution is -2.11. The molecule has 0 aliphatic carbocycles. The monoisotopic (exact) mass is 138 g/mol. The summed E-state index contributed by atoms with van der Waals surface area (Å²) in [5, 5.41) is 0. The molecule has 0 bridgehead atoms. The van der Waals surface area contributed by atoms with Crippen molar-refractivity contribution in [3.8, 4) is 5.75 Å². The highest BCUT2D eigenvalue weighted by atomic mass is 16.6. The molecule has 0 atom stereocenters. The van der Waals surface area contributed by atoms with Gasteiger partial charge in [-0.15, -0.1) is 0 Å². The van der Waals surface area contributed by atoms with Crippen molar-refractivity contribution in [2.75, 3.05) is 7.05 Å². The second kappa shape index (κ2) is 3.17.